The Kier molecular flexibility index (Phi) is 5.46. The first-order valence-electron chi connectivity index (χ1n) is 8.45. The van der Waals surface area contributed by atoms with Gasteiger partial charge >= 0.3 is 0 Å². The lowest BCUT2D eigenvalue weighted by Gasteiger charge is -2.18. The molecule has 0 bridgehead atoms. The predicted octanol–water partition coefficient (Wildman–Crippen LogP) is 2.69. The Labute approximate surface area is 163 Å². The van der Waals surface area contributed by atoms with Crippen LogP contribution in [0.2, 0.25) is 0 Å². The van der Waals surface area contributed by atoms with E-state index in [1.807, 2.05) is 30.3 Å². The van der Waals surface area contributed by atoms with Crippen molar-refractivity contribution in [2.75, 3.05) is 18.0 Å². The maximum Gasteiger partial charge on any atom is 0.254 e. The molecule has 2 aromatic carbocycles. The van der Waals surface area contributed by atoms with Gasteiger partial charge in [0.25, 0.3) is 5.91 Å². The average Bonchev–Trinajstić information content (AvgIpc) is 3.11. The first-order chi connectivity index (χ1) is 13.2. The summed E-state index contributed by atoms with van der Waals surface area (Å²) >= 11 is 0. The lowest BCUT2D eigenvalue weighted by molar-refractivity contribution is 0.0769. The van der Waals surface area contributed by atoms with Gasteiger partial charge in [-0.3, -0.25) is 9.52 Å². The average molecular weight is 400 g/mol. The number of rotatable bonds is 6. The molecule has 0 aliphatic rings. The molecule has 0 spiro atoms. The molecule has 8 nitrogen and oxygen atoms in total. The zero-order valence-corrected chi connectivity index (χ0v) is 16.5. The summed E-state index contributed by atoms with van der Waals surface area (Å²) in [6.45, 7) is 1.82. The van der Waals surface area contributed by atoms with Crippen molar-refractivity contribution in [1.29, 1.82) is 0 Å². The molecule has 3 aromatic rings. The molecule has 0 saturated heterocycles. The predicted molar refractivity (Wildman–Crippen MR) is 105 cm³/mol. The third kappa shape index (κ3) is 4.55. The Morgan fingerprint density at radius 3 is 2.54 bits per heavy atom. The molecule has 9 heteroatoms. The zero-order valence-electron chi connectivity index (χ0n) is 15.7. The molecule has 0 atom stereocenters. The normalized spacial score (nSPS) is 11.2. The van der Waals surface area contributed by atoms with Gasteiger partial charge < -0.3 is 9.42 Å². The van der Waals surface area contributed by atoms with Crippen LogP contribution in [0.1, 0.15) is 21.8 Å². The van der Waals surface area contributed by atoms with E-state index in [-0.39, 0.29) is 12.5 Å². The Morgan fingerprint density at radius 1 is 1.14 bits per heavy atom. The molecular formula is C19H20N4O4S. The number of amides is 1. The van der Waals surface area contributed by atoms with Crippen LogP contribution in [0.15, 0.2) is 53.1 Å². The van der Waals surface area contributed by atoms with Gasteiger partial charge in [-0.15, -0.1) is 0 Å². The Bertz CT molecular complexity index is 1090. The molecular weight excluding hydrogens is 380 g/mol. The molecule has 1 heterocycles. The van der Waals surface area contributed by atoms with Crippen molar-refractivity contribution in [3.8, 4) is 11.4 Å². The van der Waals surface area contributed by atoms with E-state index in [1.165, 1.54) is 4.90 Å². The lowest BCUT2D eigenvalue weighted by Crippen LogP contribution is -2.27. The zero-order chi connectivity index (χ0) is 20.3. The Morgan fingerprint density at radius 2 is 1.86 bits per heavy atom. The number of hydrogen-bond acceptors (Lipinski definition) is 6. The fourth-order valence-corrected chi connectivity index (χ4v) is 3.30. The summed E-state index contributed by atoms with van der Waals surface area (Å²) in [6.07, 6.45) is 1.06. The summed E-state index contributed by atoms with van der Waals surface area (Å²) in [5.74, 6) is 0.471. The smallest absolute Gasteiger partial charge is 0.254 e. The molecule has 1 aromatic heterocycles. The van der Waals surface area contributed by atoms with Crippen LogP contribution in [-0.4, -0.2) is 42.7 Å². The molecule has 0 aliphatic heterocycles. The second-order valence-corrected chi connectivity index (χ2v) is 8.14. The van der Waals surface area contributed by atoms with Crippen LogP contribution >= 0.6 is 0 Å². The van der Waals surface area contributed by atoms with Crippen molar-refractivity contribution < 1.29 is 17.7 Å². The second kappa shape index (κ2) is 7.81. The number of aromatic nitrogens is 2. The van der Waals surface area contributed by atoms with E-state index in [0.717, 1.165) is 11.8 Å². The van der Waals surface area contributed by atoms with Crippen LogP contribution in [0.25, 0.3) is 11.4 Å². The van der Waals surface area contributed by atoms with E-state index < -0.39 is 10.0 Å². The number of sulfonamides is 1. The molecule has 0 saturated carbocycles. The number of benzene rings is 2. The van der Waals surface area contributed by atoms with Crippen molar-refractivity contribution in [3.05, 3.63) is 65.5 Å². The fraction of sp³-hybridized carbons (Fsp3) is 0.211. The minimum atomic E-state index is -3.44. The fourth-order valence-electron chi connectivity index (χ4n) is 2.68. The van der Waals surface area contributed by atoms with E-state index in [4.69, 9.17) is 4.52 Å². The van der Waals surface area contributed by atoms with Gasteiger partial charge in [0.2, 0.25) is 21.7 Å². The molecule has 0 aliphatic carbocycles. The standard InChI is InChI=1S/C19H20N4O4S/c1-13-15(10-7-11-16(13)22-28(3,25)26)19(24)23(2)12-17-20-18(21-27-17)14-8-5-4-6-9-14/h4-11,22H,12H2,1-3H3. The van der Waals surface area contributed by atoms with Gasteiger partial charge in [0.15, 0.2) is 0 Å². The van der Waals surface area contributed by atoms with Crippen LogP contribution < -0.4 is 4.72 Å². The monoisotopic (exact) mass is 400 g/mol. The topological polar surface area (TPSA) is 105 Å². The van der Waals surface area contributed by atoms with Crippen molar-refractivity contribution in [1.82, 2.24) is 15.0 Å². The van der Waals surface area contributed by atoms with Crippen LogP contribution in [0.3, 0.4) is 0 Å². The summed E-state index contributed by atoms with van der Waals surface area (Å²) in [4.78, 5) is 18.6. The summed E-state index contributed by atoms with van der Waals surface area (Å²) in [5.41, 5.74) is 2.12. The van der Waals surface area contributed by atoms with E-state index >= 15 is 0 Å². The third-order valence-corrected chi connectivity index (χ3v) is 4.67. The van der Waals surface area contributed by atoms with Crippen LogP contribution in [-0.2, 0) is 16.6 Å². The second-order valence-electron chi connectivity index (χ2n) is 6.39. The number of carbonyl (C=O) groups is 1. The number of carbonyl (C=O) groups excluding carboxylic acids is 1. The molecule has 28 heavy (non-hydrogen) atoms. The van der Waals surface area contributed by atoms with Gasteiger partial charge in [0.05, 0.1) is 18.5 Å². The van der Waals surface area contributed by atoms with E-state index in [1.54, 1.807) is 32.2 Å². The minimum absolute atomic E-state index is 0.127. The number of nitrogens with zero attached hydrogens (tertiary/aromatic N) is 3. The molecule has 1 amide bonds. The maximum atomic E-state index is 12.8. The van der Waals surface area contributed by atoms with Crippen molar-refractivity contribution in [3.63, 3.8) is 0 Å². The molecule has 3 rings (SSSR count). The van der Waals surface area contributed by atoms with Crippen molar-refractivity contribution >= 4 is 21.6 Å². The Balaban J connectivity index is 1.77. The molecule has 0 fully saturated rings. The van der Waals surface area contributed by atoms with Crippen LogP contribution in [0.5, 0.6) is 0 Å². The molecule has 0 radical (unpaired) electrons. The van der Waals surface area contributed by atoms with E-state index in [0.29, 0.717) is 28.5 Å². The first-order valence-corrected chi connectivity index (χ1v) is 10.3. The van der Waals surface area contributed by atoms with E-state index in [2.05, 4.69) is 14.9 Å². The highest BCUT2D eigenvalue weighted by atomic mass is 32.2. The molecule has 0 unspecified atom stereocenters. The summed E-state index contributed by atoms with van der Waals surface area (Å²) in [5, 5.41) is 3.94. The maximum absolute atomic E-state index is 12.8. The quantitative estimate of drug-likeness (QED) is 0.682. The largest absolute Gasteiger partial charge is 0.337 e. The number of nitrogens with one attached hydrogen (secondary N) is 1. The molecule has 146 valence electrons. The van der Waals surface area contributed by atoms with Crippen molar-refractivity contribution in [2.45, 2.75) is 13.5 Å². The summed E-state index contributed by atoms with van der Waals surface area (Å²) < 4.78 is 30.7. The van der Waals surface area contributed by atoms with Gasteiger partial charge in [-0.05, 0) is 24.6 Å². The SMILES string of the molecule is Cc1c(NS(C)(=O)=O)cccc1C(=O)N(C)Cc1nc(-c2ccccc2)no1. The minimum Gasteiger partial charge on any atom is -0.337 e. The van der Waals surface area contributed by atoms with Gasteiger partial charge in [-0.25, -0.2) is 8.42 Å². The summed E-state index contributed by atoms with van der Waals surface area (Å²) in [6, 6.07) is 14.3. The van der Waals surface area contributed by atoms with Crippen molar-refractivity contribution in [2.24, 2.45) is 0 Å². The first kappa shape index (κ1) is 19.6. The highest BCUT2D eigenvalue weighted by Gasteiger charge is 2.19. The third-order valence-electron chi connectivity index (χ3n) is 4.08. The Hall–Kier alpha value is -3.20. The van der Waals surface area contributed by atoms with Gasteiger partial charge in [-0.2, -0.15) is 4.98 Å². The van der Waals surface area contributed by atoms with Gasteiger partial charge in [0, 0.05) is 18.2 Å². The highest BCUT2D eigenvalue weighted by molar-refractivity contribution is 7.92. The van der Waals surface area contributed by atoms with Gasteiger partial charge in [-0.1, -0.05) is 41.6 Å². The summed E-state index contributed by atoms with van der Waals surface area (Å²) in [7, 11) is -1.83. The van der Waals surface area contributed by atoms with Crippen LogP contribution in [0.4, 0.5) is 5.69 Å². The molecule has 1 N–H and O–H groups in total. The van der Waals surface area contributed by atoms with Gasteiger partial charge in [0.1, 0.15) is 0 Å². The number of hydrogen-bond donors (Lipinski definition) is 1. The number of anilines is 1. The van der Waals surface area contributed by atoms with E-state index in [9.17, 15) is 13.2 Å². The lowest BCUT2D eigenvalue weighted by atomic mass is 10.1. The van der Waals surface area contributed by atoms with Crippen LogP contribution in [0, 0.1) is 6.92 Å². The highest BCUT2D eigenvalue weighted by Crippen LogP contribution is 2.22.